The van der Waals surface area contributed by atoms with E-state index in [9.17, 15) is 14.9 Å². The maximum atomic E-state index is 13.5. The molecule has 6 nitrogen and oxygen atoms in total. The summed E-state index contributed by atoms with van der Waals surface area (Å²) in [6.07, 6.45) is 4.95. The fraction of sp³-hybridized carbons (Fsp3) is 0.516. The lowest BCUT2D eigenvalue weighted by molar-refractivity contribution is -0.153. The molecule has 3 rings (SSSR count). The molecule has 2 atom stereocenters. The molecular weight excluding hydrogens is 460 g/mol. The van der Waals surface area contributed by atoms with Crippen LogP contribution in [0.3, 0.4) is 0 Å². The molecule has 0 spiro atoms. The Morgan fingerprint density at radius 2 is 1.70 bits per heavy atom. The Bertz CT molecular complexity index is 1050. The highest BCUT2D eigenvalue weighted by atomic mass is 16.2. The molecule has 2 aromatic carbocycles. The molecule has 1 fully saturated rings. The Labute approximate surface area is 222 Å². The van der Waals surface area contributed by atoms with Crippen molar-refractivity contribution in [3.8, 4) is 6.07 Å². The smallest absolute Gasteiger partial charge is 0.259 e. The predicted molar refractivity (Wildman–Crippen MR) is 147 cm³/mol. The first-order valence-electron chi connectivity index (χ1n) is 13.6. The number of carbonyl (C=O) groups is 2. The summed E-state index contributed by atoms with van der Waals surface area (Å²) in [4.78, 5) is 28.5. The van der Waals surface area contributed by atoms with Gasteiger partial charge in [0.2, 0.25) is 5.91 Å². The average Bonchev–Trinajstić information content (AvgIpc) is 3.40. The first-order chi connectivity index (χ1) is 17.8. The van der Waals surface area contributed by atoms with Gasteiger partial charge < -0.3 is 4.90 Å². The summed E-state index contributed by atoms with van der Waals surface area (Å²) >= 11 is 0. The van der Waals surface area contributed by atoms with Gasteiger partial charge in [0.15, 0.2) is 0 Å². The Balaban J connectivity index is 1.57. The molecule has 198 valence electrons. The molecule has 0 aromatic heterocycles. The minimum absolute atomic E-state index is 0.000774. The third kappa shape index (κ3) is 6.99. The number of amides is 2. The topological polar surface area (TPSA) is 67.6 Å². The Kier molecular flexibility index (Phi) is 10.3. The molecule has 0 aliphatic carbocycles. The van der Waals surface area contributed by atoms with E-state index in [4.69, 9.17) is 0 Å². The molecular formula is C31H42N4O2. The van der Waals surface area contributed by atoms with Crippen LogP contribution < -0.4 is 0 Å². The number of carbonyl (C=O) groups excluding carboxylic acids is 2. The van der Waals surface area contributed by atoms with Crippen LogP contribution in [0.2, 0.25) is 0 Å². The van der Waals surface area contributed by atoms with Gasteiger partial charge in [-0.1, -0.05) is 80.9 Å². The molecule has 0 N–H and O–H groups in total. The normalized spacial score (nSPS) is 17.0. The molecule has 0 saturated carbocycles. The van der Waals surface area contributed by atoms with E-state index in [1.165, 1.54) is 5.56 Å². The molecule has 1 saturated heterocycles. The van der Waals surface area contributed by atoms with Crippen LogP contribution in [0, 0.1) is 17.2 Å². The molecule has 0 radical (unpaired) electrons. The number of hydrogen-bond donors (Lipinski definition) is 0. The van der Waals surface area contributed by atoms with Crippen LogP contribution in [0.15, 0.2) is 60.7 Å². The van der Waals surface area contributed by atoms with Gasteiger partial charge in [-0.05, 0) is 49.1 Å². The largest absolute Gasteiger partial charge is 0.331 e. The van der Waals surface area contributed by atoms with Crippen molar-refractivity contribution in [1.82, 2.24) is 14.9 Å². The molecule has 2 amide bonds. The van der Waals surface area contributed by atoms with Crippen LogP contribution in [0.25, 0.3) is 0 Å². The minimum Gasteiger partial charge on any atom is -0.331 e. The van der Waals surface area contributed by atoms with Crippen LogP contribution in [0.4, 0.5) is 0 Å². The number of hydrogen-bond acceptors (Lipinski definition) is 4. The predicted octanol–water partition coefficient (Wildman–Crippen LogP) is 5.20. The van der Waals surface area contributed by atoms with Crippen LogP contribution in [-0.4, -0.2) is 60.0 Å². The van der Waals surface area contributed by atoms with Crippen molar-refractivity contribution < 1.29 is 9.59 Å². The van der Waals surface area contributed by atoms with Gasteiger partial charge in [0.05, 0.1) is 11.5 Å². The van der Waals surface area contributed by atoms with Gasteiger partial charge in [0.25, 0.3) is 5.91 Å². The average molecular weight is 503 g/mol. The van der Waals surface area contributed by atoms with Crippen LogP contribution in [0.1, 0.15) is 63.5 Å². The number of nitriles is 1. The molecule has 0 unspecified atom stereocenters. The first-order valence-corrected chi connectivity index (χ1v) is 13.6. The van der Waals surface area contributed by atoms with Gasteiger partial charge in [0, 0.05) is 33.6 Å². The fourth-order valence-electron chi connectivity index (χ4n) is 5.46. The van der Waals surface area contributed by atoms with Crippen LogP contribution in [0.5, 0.6) is 0 Å². The Hall–Kier alpha value is -3.17. The minimum atomic E-state index is -0.554. The third-order valence-corrected chi connectivity index (χ3v) is 7.74. The van der Waals surface area contributed by atoms with Gasteiger partial charge in [-0.3, -0.25) is 14.6 Å². The Morgan fingerprint density at radius 1 is 1.05 bits per heavy atom. The highest BCUT2D eigenvalue weighted by Gasteiger charge is 2.38. The monoisotopic (exact) mass is 502 g/mol. The molecule has 0 bridgehead atoms. The standard InChI is InChI=1S/C31H42N4O2/c1-25(2)31(24-32,27-16-9-6-10-17-27)21-12-11-19-29(36)34-22-13-18-28(34)30(37)35(33(3)4)23-20-26-14-7-5-8-15-26/h5-10,14-17,25,28H,11-13,18-23H2,1-4H3/t28-,31+/m1/s1. The summed E-state index contributed by atoms with van der Waals surface area (Å²) in [6, 6.07) is 22.3. The van der Waals surface area contributed by atoms with Crippen molar-refractivity contribution in [2.45, 2.75) is 70.3 Å². The zero-order chi connectivity index (χ0) is 26.8. The van der Waals surface area contributed by atoms with E-state index in [1.54, 1.807) is 9.91 Å². The zero-order valence-electron chi connectivity index (χ0n) is 22.9. The second kappa shape index (κ2) is 13.4. The summed E-state index contributed by atoms with van der Waals surface area (Å²) in [6.45, 7) is 5.40. The van der Waals surface area contributed by atoms with Crippen LogP contribution >= 0.6 is 0 Å². The first kappa shape index (κ1) is 28.4. The fourth-order valence-corrected chi connectivity index (χ4v) is 5.46. The van der Waals surface area contributed by atoms with Gasteiger partial charge >= 0.3 is 0 Å². The van der Waals surface area contributed by atoms with Gasteiger partial charge in [0.1, 0.15) is 6.04 Å². The zero-order valence-corrected chi connectivity index (χ0v) is 22.9. The summed E-state index contributed by atoms with van der Waals surface area (Å²) in [5.74, 6) is 0.215. The van der Waals surface area contributed by atoms with Crippen molar-refractivity contribution in [3.05, 3.63) is 71.8 Å². The van der Waals surface area contributed by atoms with E-state index in [-0.39, 0.29) is 17.7 Å². The molecule has 1 aliphatic heterocycles. The van der Waals surface area contributed by atoms with E-state index in [0.717, 1.165) is 24.8 Å². The summed E-state index contributed by atoms with van der Waals surface area (Å²) in [7, 11) is 3.76. The van der Waals surface area contributed by atoms with E-state index < -0.39 is 11.5 Å². The highest BCUT2D eigenvalue weighted by Crippen LogP contribution is 2.37. The van der Waals surface area contributed by atoms with E-state index >= 15 is 0 Å². The lowest BCUT2D eigenvalue weighted by Crippen LogP contribution is -2.52. The molecule has 1 heterocycles. The van der Waals surface area contributed by atoms with Crippen molar-refractivity contribution in [1.29, 1.82) is 5.26 Å². The lowest BCUT2D eigenvalue weighted by Gasteiger charge is -2.34. The van der Waals surface area contributed by atoms with E-state index in [1.807, 2.05) is 67.6 Å². The van der Waals surface area contributed by atoms with Gasteiger partial charge in [-0.25, -0.2) is 5.01 Å². The maximum absolute atomic E-state index is 13.5. The second-order valence-corrected chi connectivity index (χ2v) is 10.6. The van der Waals surface area contributed by atoms with Crippen molar-refractivity contribution >= 4 is 11.8 Å². The maximum Gasteiger partial charge on any atom is 0.259 e. The second-order valence-electron chi connectivity index (χ2n) is 10.6. The Morgan fingerprint density at radius 3 is 2.30 bits per heavy atom. The number of nitrogens with zero attached hydrogens (tertiary/aromatic N) is 4. The van der Waals surface area contributed by atoms with Crippen LogP contribution in [-0.2, 0) is 21.4 Å². The van der Waals surface area contributed by atoms with Crippen molar-refractivity contribution in [2.75, 3.05) is 27.2 Å². The quantitative estimate of drug-likeness (QED) is 0.295. The number of unbranched alkanes of at least 4 members (excludes halogenated alkanes) is 1. The van der Waals surface area contributed by atoms with E-state index in [0.29, 0.717) is 38.8 Å². The summed E-state index contributed by atoms with van der Waals surface area (Å²) in [5, 5.41) is 13.7. The molecule has 1 aliphatic rings. The van der Waals surface area contributed by atoms with Crippen molar-refractivity contribution in [2.24, 2.45) is 5.92 Å². The number of rotatable bonds is 12. The highest BCUT2D eigenvalue weighted by molar-refractivity contribution is 5.88. The molecule has 2 aromatic rings. The van der Waals surface area contributed by atoms with Gasteiger partial charge in [-0.15, -0.1) is 0 Å². The SMILES string of the molecule is CC(C)[C@@](C#N)(CCCCC(=O)N1CCC[C@@H]1C(=O)N(CCc1ccccc1)N(C)C)c1ccccc1. The summed E-state index contributed by atoms with van der Waals surface area (Å²) < 4.78 is 0. The third-order valence-electron chi connectivity index (χ3n) is 7.74. The summed E-state index contributed by atoms with van der Waals surface area (Å²) in [5.41, 5.74) is 1.68. The number of hydrazine groups is 1. The van der Waals surface area contributed by atoms with E-state index in [2.05, 4.69) is 32.0 Å². The molecule has 37 heavy (non-hydrogen) atoms. The van der Waals surface area contributed by atoms with Gasteiger partial charge in [-0.2, -0.15) is 5.26 Å². The number of benzene rings is 2. The number of likely N-dealkylation sites (tertiary alicyclic amines) is 1. The lowest BCUT2D eigenvalue weighted by atomic mass is 9.69. The van der Waals surface area contributed by atoms with Crippen molar-refractivity contribution in [3.63, 3.8) is 0 Å². The molecule has 6 heteroatoms.